The first-order valence-electron chi connectivity index (χ1n) is 6.25. The van der Waals surface area contributed by atoms with Crippen molar-refractivity contribution in [2.75, 3.05) is 13.4 Å². The van der Waals surface area contributed by atoms with Crippen LogP contribution in [-0.2, 0) is 4.74 Å². The lowest BCUT2D eigenvalue weighted by Crippen LogP contribution is -2.01. The average Bonchev–Trinajstić information content (AvgIpc) is 2.45. The summed E-state index contributed by atoms with van der Waals surface area (Å²) >= 11 is 5.09. The first-order chi connectivity index (χ1) is 9.12. The number of benzene rings is 1. The van der Waals surface area contributed by atoms with Crippen LogP contribution in [0.2, 0.25) is 0 Å². The van der Waals surface area contributed by atoms with Crippen molar-refractivity contribution in [2.45, 2.75) is 27.2 Å². The fourth-order valence-corrected chi connectivity index (χ4v) is 2.65. The molecule has 0 heterocycles. The summed E-state index contributed by atoms with van der Waals surface area (Å²) in [5.41, 5.74) is 1.60. The Labute approximate surface area is 128 Å². The summed E-state index contributed by atoms with van der Waals surface area (Å²) in [5.74, 6) is -0.315. The minimum atomic E-state index is -0.315. The molecule has 4 heteroatoms. The lowest BCUT2D eigenvalue weighted by molar-refractivity contribution is 0.0600. The Morgan fingerprint density at radius 2 is 1.89 bits per heavy atom. The summed E-state index contributed by atoms with van der Waals surface area (Å²) in [6.45, 7) is 6.09. The van der Waals surface area contributed by atoms with Gasteiger partial charge in [0.15, 0.2) is 0 Å². The smallest absolute Gasteiger partial charge is 0.337 e. The standard InChI is InChI=1S/C13H15BrO2S.C2H6/c1-4-5-12(17-3)9-6-10(13(15)16-2)8-11(14)7-9;1-2/h5-8H,4H2,1-3H3;1-2H3/b12-5-;. The van der Waals surface area contributed by atoms with Crippen LogP contribution in [0.3, 0.4) is 0 Å². The number of methoxy groups -OCH3 is 1. The van der Waals surface area contributed by atoms with Crippen LogP contribution >= 0.6 is 27.7 Å². The number of halogens is 1. The Kier molecular flexibility index (Phi) is 9.70. The van der Waals surface area contributed by atoms with Gasteiger partial charge in [0.1, 0.15) is 0 Å². The molecule has 0 saturated heterocycles. The number of rotatable bonds is 4. The normalized spacial score (nSPS) is 10.5. The van der Waals surface area contributed by atoms with Crippen LogP contribution in [0.5, 0.6) is 0 Å². The van der Waals surface area contributed by atoms with E-state index >= 15 is 0 Å². The number of ether oxygens (including phenoxy) is 1. The molecule has 19 heavy (non-hydrogen) atoms. The lowest BCUT2D eigenvalue weighted by Gasteiger charge is -2.07. The molecular weight excluding hydrogens is 324 g/mol. The number of hydrogen-bond donors (Lipinski definition) is 0. The van der Waals surface area contributed by atoms with E-state index in [1.165, 1.54) is 12.0 Å². The minimum absolute atomic E-state index is 0.315. The Morgan fingerprint density at radius 1 is 1.32 bits per heavy atom. The van der Waals surface area contributed by atoms with Crippen LogP contribution in [0.25, 0.3) is 4.91 Å². The van der Waals surface area contributed by atoms with Gasteiger partial charge in [-0.3, -0.25) is 0 Å². The maximum Gasteiger partial charge on any atom is 0.337 e. The highest BCUT2D eigenvalue weighted by Gasteiger charge is 2.09. The maximum absolute atomic E-state index is 11.5. The van der Waals surface area contributed by atoms with Crippen LogP contribution in [-0.4, -0.2) is 19.3 Å². The zero-order valence-corrected chi connectivity index (χ0v) is 14.5. The van der Waals surface area contributed by atoms with Crippen LogP contribution < -0.4 is 0 Å². The van der Waals surface area contributed by atoms with Gasteiger partial charge in [-0.05, 0) is 36.4 Å². The summed E-state index contributed by atoms with van der Waals surface area (Å²) < 4.78 is 5.61. The van der Waals surface area contributed by atoms with E-state index < -0.39 is 0 Å². The third kappa shape index (κ3) is 5.83. The molecule has 1 aromatic rings. The Bertz CT molecular complexity index is 442. The van der Waals surface area contributed by atoms with E-state index in [0.29, 0.717) is 5.56 Å². The maximum atomic E-state index is 11.5. The van der Waals surface area contributed by atoms with E-state index in [9.17, 15) is 4.79 Å². The zero-order valence-electron chi connectivity index (χ0n) is 12.1. The highest BCUT2D eigenvalue weighted by molar-refractivity contribution is 9.10. The fourth-order valence-electron chi connectivity index (χ4n) is 1.47. The monoisotopic (exact) mass is 344 g/mol. The first-order valence-corrected chi connectivity index (χ1v) is 8.27. The SMILES string of the molecule is CC.CC/C=C(\SC)c1cc(Br)cc(C(=O)OC)c1. The molecular formula is C15H21BrO2S. The molecule has 0 aliphatic rings. The molecule has 106 valence electrons. The number of hydrogen-bond acceptors (Lipinski definition) is 3. The highest BCUT2D eigenvalue weighted by atomic mass is 79.9. The van der Waals surface area contributed by atoms with Gasteiger partial charge in [0.05, 0.1) is 12.7 Å². The average molecular weight is 345 g/mol. The Hall–Kier alpha value is -0.740. The molecule has 2 nitrogen and oxygen atoms in total. The van der Waals surface area contributed by atoms with Crippen molar-refractivity contribution in [1.29, 1.82) is 0 Å². The molecule has 1 aromatic carbocycles. The molecule has 0 radical (unpaired) electrons. The van der Waals surface area contributed by atoms with Crippen molar-refractivity contribution in [3.8, 4) is 0 Å². The van der Waals surface area contributed by atoms with E-state index in [4.69, 9.17) is 4.74 Å². The Balaban J connectivity index is 0.00000154. The largest absolute Gasteiger partial charge is 0.465 e. The number of thioether (sulfide) groups is 1. The van der Waals surface area contributed by atoms with Crippen molar-refractivity contribution in [1.82, 2.24) is 0 Å². The van der Waals surface area contributed by atoms with Gasteiger partial charge >= 0.3 is 5.97 Å². The fraction of sp³-hybridized carbons (Fsp3) is 0.400. The summed E-state index contributed by atoms with van der Waals surface area (Å²) in [4.78, 5) is 12.7. The summed E-state index contributed by atoms with van der Waals surface area (Å²) in [6, 6.07) is 5.62. The van der Waals surface area contributed by atoms with Crippen LogP contribution in [0.1, 0.15) is 43.1 Å². The molecule has 0 aromatic heterocycles. The molecule has 0 fully saturated rings. The molecule has 1 rings (SSSR count). The third-order valence-electron chi connectivity index (χ3n) is 2.21. The molecule has 0 saturated carbocycles. The molecule has 0 unspecified atom stereocenters. The quantitative estimate of drug-likeness (QED) is 0.686. The lowest BCUT2D eigenvalue weighted by atomic mass is 10.1. The molecule has 0 aliphatic carbocycles. The first kappa shape index (κ1) is 18.3. The molecule has 0 atom stereocenters. The van der Waals surface area contributed by atoms with Crippen LogP contribution in [0.15, 0.2) is 28.7 Å². The van der Waals surface area contributed by atoms with Gasteiger partial charge in [0, 0.05) is 9.38 Å². The van der Waals surface area contributed by atoms with Crippen molar-refractivity contribution in [3.05, 3.63) is 39.9 Å². The van der Waals surface area contributed by atoms with Gasteiger partial charge in [-0.1, -0.05) is 42.8 Å². The van der Waals surface area contributed by atoms with Crippen molar-refractivity contribution >= 4 is 38.6 Å². The van der Waals surface area contributed by atoms with Crippen LogP contribution in [0.4, 0.5) is 0 Å². The van der Waals surface area contributed by atoms with Gasteiger partial charge in [0.25, 0.3) is 0 Å². The predicted molar refractivity (Wildman–Crippen MR) is 88.6 cm³/mol. The van der Waals surface area contributed by atoms with E-state index in [2.05, 4.69) is 28.9 Å². The van der Waals surface area contributed by atoms with E-state index in [-0.39, 0.29) is 5.97 Å². The third-order valence-corrected chi connectivity index (χ3v) is 3.51. The van der Waals surface area contributed by atoms with Crippen molar-refractivity contribution < 1.29 is 9.53 Å². The van der Waals surface area contributed by atoms with Gasteiger partial charge < -0.3 is 4.74 Å². The highest BCUT2D eigenvalue weighted by Crippen LogP contribution is 2.29. The van der Waals surface area contributed by atoms with Gasteiger partial charge in [-0.25, -0.2) is 4.79 Å². The van der Waals surface area contributed by atoms with E-state index in [1.807, 2.05) is 32.2 Å². The second-order valence-electron chi connectivity index (χ2n) is 3.40. The summed E-state index contributed by atoms with van der Waals surface area (Å²) in [5, 5.41) is 0. The number of esters is 1. The van der Waals surface area contributed by atoms with Gasteiger partial charge in [-0.2, -0.15) is 0 Å². The minimum Gasteiger partial charge on any atom is -0.465 e. The topological polar surface area (TPSA) is 26.3 Å². The van der Waals surface area contributed by atoms with Gasteiger partial charge in [-0.15, -0.1) is 11.8 Å². The molecule has 0 aliphatic heterocycles. The second-order valence-corrected chi connectivity index (χ2v) is 5.16. The number of allylic oxidation sites excluding steroid dienone is 1. The van der Waals surface area contributed by atoms with Gasteiger partial charge in [0.2, 0.25) is 0 Å². The molecule has 0 N–H and O–H groups in total. The number of carbonyl (C=O) groups is 1. The number of carbonyl (C=O) groups excluding carboxylic acids is 1. The summed E-state index contributed by atoms with van der Waals surface area (Å²) in [7, 11) is 1.39. The predicted octanol–water partition coefficient (Wildman–Crippen LogP) is 5.38. The molecule has 0 spiro atoms. The van der Waals surface area contributed by atoms with E-state index in [1.54, 1.807) is 17.8 Å². The molecule has 0 bridgehead atoms. The van der Waals surface area contributed by atoms with E-state index in [0.717, 1.165) is 16.5 Å². The zero-order chi connectivity index (χ0) is 14.8. The van der Waals surface area contributed by atoms with Crippen molar-refractivity contribution in [3.63, 3.8) is 0 Å². The van der Waals surface area contributed by atoms with Crippen molar-refractivity contribution in [2.24, 2.45) is 0 Å². The summed E-state index contributed by atoms with van der Waals surface area (Å²) in [6.07, 6.45) is 5.14. The molecule has 0 amide bonds. The van der Waals surface area contributed by atoms with Crippen LogP contribution in [0, 0.1) is 0 Å². The second kappa shape index (κ2) is 10.1. The Morgan fingerprint density at radius 3 is 2.37 bits per heavy atom.